The predicted octanol–water partition coefficient (Wildman–Crippen LogP) is 3.63. The van der Waals surface area contributed by atoms with Gasteiger partial charge in [-0.25, -0.2) is 0 Å². The Labute approximate surface area is 126 Å². The molecule has 0 unspecified atom stereocenters. The van der Waals surface area contributed by atoms with E-state index in [0.717, 1.165) is 21.5 Å². The molecule has 0 aromatic heterocycles. The summed E-state index contributed by atoms with van der Waals surface area (Å²) < 4.78 is 16.9. The summed E-state index contributed by atoms with van der Waals surface area (Å²) in [7, 11) is 3.22. The van der Waals surface area contributed by atoms with Gasteiger partial charge in [0.2, 0.25) is 0 Å². The van der Waals surface area contributed by atoms with Gasteiger partial charge in [0.15, 0.2) is 0 Å². The Bertz CT molecular complexity index is 602. The van der Waals surface area contributed by atoms with Crippen LogP contribution in [0.5, 0.6) is 17.2 Å². The summed E-state index contributed by atoms with van der Waals surface area (Å²) in [5, 5.41) is 0. The third-order valence-corrected chi connectivity index (χ3v) is 3.45. The Morgan fingerprint density at radius 1 is 1.00 bits per heavy atom. The van der Waals surface area contributed by atoms with Crippen LogP contribution in [0.25, 0.3) is 0 Å². The fourth-order valence-electron chi connectivity index (χ4n) is 1.76. The molecule has 2 rings (SSSR count). The van der Waals surface area contributed by atoms with Crippen LogP contribution in [0.4, 0.5) is 5.69 Å². The molecule has 0 saturated heterocycles. The van der Waals surface area contributed by atoms with E-state index in [1.54, 1.807) is 14.2 Å². The number of methoxy groups -OCH3 is 2. The van der Waals surface area contributed by atoms with E-state index in [1.807, 2.05) is 36.4 Å². The van der Waals surface area contributed by atoms with Crippen molar-refractivity contribution < 1.29 is 14.2 Å². The molecule has 0 spiro atoms. The molecule has 20 heavy (non-hydrogen) atoms. The summed E-state index contributed by atoms with van der Waals surface area (Å²) >= 11 is 3.45. The number of ether oxygens (including phenoxy) is 3. The fourth-order valence-corrected chi connectivity index (χ4v) is 2.23. The minimum Gasteiger partial charge on any atom is -0.497 e. The second-order valence-corrected chi connectivity index (χ2v) is 5.02. The first-order valence-electron chi connectivity index (χ1n) is 6.02. The summed E-state index contributed by atoms with van der Waals surface area (Å²) in [6, 6.07) is 11.2. The van der Waals surface area contributed by atoms with Gasteiger partial charge in [0, 0.05) is 0 Å². The monoisotopic (exact) mass is 337 g/mol. The number of hydrogen-bond acceptors (Lipinski definition) is 4. The highest BCUT2D eigenvalue weighted by Gasteiger charge is 2.05. The van der Waals surface area contributed by atoms with Crippen molar-refractivity contribution in [2.75, 3.05) is 20.0 Å². The van der Waals surface area contributed by atoms with Crippen LogP contribution in [0.3, 0.4) is 0 Å². The van der Waals surface area contributed by atoms with Crippen molar-refractivity contribution in [3.05, 3.63) is 46.4 Å². The maximum absolute atomic E-state index is 5.86. The van der Waals surface area contributed by atoms with Crippen LogP contribution < -0.4 is 19.9 Å². The van der Waals surface area contributed by atoms with E-state index >= 15 is 0 Å². The lowest BCUT2D eigenvalue weighted by atomic mass is 10.2. The number of rotatable bonds is 5. The Hall–Kier alpha value is -1.88. The highest BCUT2D eigenvalue weighted by atomic mass is 79.9. The van der Waals surface area contributed by atoms with E-state index in [9.17, 15) is 0 Å². The third-order valence-electron chi connectivity index (χ3n) is 2.83. The molecule has 0 aliphatic carbocycles. The van der Waals surface area contributed by atoms with Gasteiger partial charge in [-0.3, -0.25) is 0 Å². The molecule has 0 bridgehead atoms. The zero-order valence-corrected chi connectivity index (χ0v) is 12.9. The molecular formula is C15H16BrNO3. The molecule has 0 atom stereocenters. The zero-order chi connectivity index (χ0) is 14.5. The van der Waals surface area contributed by atoms with Crippen molar-refractivity contribution in [1.82, 2.24) is 0 Å². The van der Waals surface area contributed by atoms with Gasteiger partial charge in [0.1, 0.15) is 23.9 Å². The standard InChI is InChI=1S/C15H16BrNO3/c1-18-11-4-6-14(12(16)8-11)20-9-10-3-5-15(19-2)13(17)7-10/h3-8H,9,17H2,1-2H3. The fraction of sp³-hybridized carbons (Fsp3) is 0.200. The molecule has 2 N–H and O–H groups in total. The topological polar surface area (TPSA) is 53.7 Å². The summed E-state index contributed by atoms with van der Waals surface area (Å²) in [6.45, 7) is 0.430. The maximum atomic E-state index is 5.86. The number of nitrogens with two attached hydrogens (primary N) is 1. The van der Waals surface area contributed by atoms with Crippen LogP contribution in [0.2, 0.25) is 0 Å². The molecular weight excluding hydrogens is 322 g/mol. The molecule has 0 fully saturated rings. The van der Waals surface area contributed by atoms with Crippen LogP contribution in [-0.2, 0) is 6.61 Å². The first kappa shape index (κ1) is 14.5. The summed E-state index contributed by atoms with van der Waals surface area (Å²) in [4.78, 5) is 0. The lowest BCUT2D eigenvalue weighted by Crippen LogP contribution is -1.99. The third kappa shape index (κ3) is 3.36. The molecule has 4 nitrogen and oxygen atoms in total. The van der Waals surface area contributed by atoms with E-state index in [2.05, 4.69) is 15.9 Å². The highest BCUT2D eigenvalue weighted by molar-refractivity contribution is 9.10. The Morgan fingerprint density at radius 2 is 1.75 bits per heavy atom. The van der Waals surface area contributed by atoms with Crippen molar-refractivity contribution in [3.63, 3.8) is 0 Å². The van der Waals surface area contributed by atoms with Crippen molar-refractivity contribution in [2.45, 2.75) is 6.61 Å². The molecule has 0 aliphatic heterocycles. The first-order chi connectivity index (χ1) is 9.63. The van der Waals surface area contributed by atoms with Crippen LogP contribution in [0.1, 0.15) is 5.56 Å². The maximum Gasteiger partial charge on any atom is 0.141 e. The normalized spacial score (nSPS) is 10.2. The van der Waals surface area contributed by atoms with Gasteiger partial charge >= 0.3 is 0 Å². The minimum atomic E-state index is 0.430. The van der Waals surface area contributed by atoms with Crippen LogP contribution in [0, 0.1) is 0 Å². The van der Waals surface area contributed by atoms with Crippen LogP contribution in [-0.4, -0.2) is 14.2 Å². The second kappa shape index (κ2) is 6.52. The molecule has 2 aromatic rings. The van der Waals surface area contributed by atoms with Crippen LogP contribution in [0.15, 0.2) is 40.9 Å². The van der Waals surface area contributed by atoms with Gasteiger partial charge in [-0.05, 0) is 51.8 Å². The molecule has 2 aromatic carbocycles. The molecule has 0 saturated carbocycles. The molecule has 0 aliphatic rings. The highest BCUT2D eigenvalue weighted by Crippen LogP contribution is 2.30. The second-order valence-electron chi connectivity index (χ2n) is 4.16. The van der Waals surface area contributed by atoms with Crippen molar-refractivity contribution >= 4 is 21.6 Å². The zero-order valence-electron chi connectivity index (χ0n) is 11.4. The summed E-state index contributed by atoms with van der Waals surface area (Å²) in [5.74, 6) is 2.19. The van der Waals surface area contributed by atoms with E-state index < -0.39 is 0 Å². The Kier molecular flexibility index (Phi) is 4.74. The lowest BCUT2D eigenvalue weighted by molar-refractivity contribution is 0.303. The molecule has 0 amide bonds. The van der Waals surface area contributed by atoms with Crippen molar-refractivity contribution in [3.8, 4) is 17.2 Å². The van der Waals surface area contributed by atoms with Crippen LogP contribution >= 0.6 is 15.9 Å². The number of benzene rings is 2. The number of halogens is 1. The van der Waals surface area contributed by atoms with Gasteiger partial charge in [-0.2, -0.15) is 0 Å². The summed E-state index contributed by atoms with van der Waals surface area (Å²) in [6.07, 6.45) is 0. The van der Waals surface area contributed by atoms with Crippen molar-refractivity contribution in [1.29, 1.82) is 0 Å². The molecule has 0 heterocycles. The molecule has 0 radical (unpaired) electrons. The average Bonchev–Trinajstić information content (AvgIpc) is 2.46. The van der Waals surface area contributed by atoms with Gasteiger partial charge in [0.25, 0.3) is 0 Å². The average molecular weight is 338 g/mol. The van der Waals surface area contributed by atoms with Gasteiger partial charge in [-0.1, -0.05) is 6.07 Å². The van der Waals surface area contributed by atoms with Gasteiger partial charge in [0.05, 0.1) is 24.4 Å². The number of hydrogen-bond donors (Lipinski definition) is 1. The number of nitrogen functional groups attached to an aromatic ring is 1. The summed E-state index contributed by atoms with van der Waals surface area (Å²) in [5.41, 5.74) is 7.44. The molecule has 5 heteroatoms. The van der Waals surface area contributed by atoms with Gasteiger partial charge in [-0.15, -0.1) is 0 Å². The van der Waals surface area contributed by atoms with E-state index in [0.29, 0.717) is 18.0 Å². The van der Waals surface area contributed by atoms with Crippen molar-refractivity contribution in [2.24, 2.45) is 0 Å². The Balaban J connectivity index is 2.07. The minimum absolute atomic E-state index is 0.430. The largest absolute Gasteiger partial charge is 0.497 e. The Morgan fingerprint density at radius 3 is 2.35 bits per heavy atom. The quantitative estimate of drug-likeness (QED) is 0.846. The predicted molar refractivity (Wildman–Crippen MR) is 82.4 cm³/mol. The smallest absolute Gasteiger partial charge is 0.141 e. The molecule has 106 valence electrons. The first-order valence-corrected chi connectivity index (χ1v) is 6.82. The SMILES string of the molecule is COc1ccc(OCc2ccc(OC)c(N)c2)c(Br)c1. The van der Waals surface area contributed by atoms with E-state index in [1.165, 1.54) is 0 Å². The van der Waals surface area contributed by atoms with E-state index in [-0.39, 0.29) is 0 Å². The van der Waals surface area contributed by atoms with Gasteiger partial charge < -0.3 is 19.9 Å². The lowest BCUT2D eigenvalue weighted by Gasteiger charge is -2.11. The number of anilines is 1. The van der Waals surface area contributed by atoms with E-state index in [4.69, 9.17) is 19.9 Å².